The molecule has 0 aliphatic heterocycles. The van der Waals surface area contributed by atoms with Crippen LogP contribution in [0.15, 0.2) is 64.3 Å². The number of nitrogens with zero attached hydrogens (tertiary/aromatic N) is 6. The molecule has 31 heavy (non-hydrogen) atoms. The van der Waals surface area contributed by atoms with Crippen LogP contribution < -0.4 is 15.9 Å². The number of rotatable bonds is 6. The molecule has 2 aromatic heterocycles. The number of carbonyl (C=O) groups excluding carboxylic acids is 1. The van der Waals surface area contributed by atoms with Gasteiger partial charge in [0.25, 0.3) is 5.91 Å². The molecule has 4 rings (SSSR count). The monoisotopic (exact) mass is 418 g/mol. The number of methoxy groups -OCH3 is 1. The smallest absolute Gasteiger partial charge is 0.292 e. The van der Waals surface area contributed by atoms with Gasteiger partial charge in [-0.1, -0.05) is 35.5 Å². The number of hydrazone groups is 1. The highest BCUT2D eigenvalue weighted by atomic mass is 16.6. The Hall–Kier alpha value is -4.54. The molecule has 0 saturated carbocycles. The fraction of sp³-hybridized carbons (Fsp3) is 0.100. The highest BCUT2D eigenvalue weighted by molar-refractivity contribution is 6.02. The summed E-state index contributed by atoms with van der Waals surface area (Å²) in [6, 6.07) is 16.4. The average molecular weight is 418 g/mol. The van der Waals surface area contributed by atoms with Crippen LogP contribution in [0.3, 0.4) is 0 Å². The quantitative estimate of drug-likeness (QED) is 0.357. The zero-order valence-corrected chi connectivity index (χ0v) is 16.7. The Balaban J connectivity index is 1.69. The van der Waals surface area contributed by atoms with Crippen LogP contribution in [-0.4, -0.2) is 44.0 Å². The van der Waals surface area contributed by atoms with Gasteiger partial charge in [-0.15, -0.1) is 5.10 Å². The van der Waals surface area contributed by atoms with Crippen molar-refractivity contribution >= 4 is 17.4 Å². The minimum Gasteiger partial charge on any atom is -0.497 e. The number of hydrogen-bond donors (Lipinski definition) is 2. The van der Waals surface area contributed by atoms with Gasteiger partial charge in [0.1, 0.15) is 11.4 Å². The van der Waals surface area contributed by atoms with Gasteiger partial charge in [-0.2, -0.15) is 9.78 Å². The van der Waals surface area contributed by atoms with E-state index in [0.717, 1.165) is 11.3 Å². The molecule has 0 aliphatic rings. The SMILES string of the molecule is COc1ccc(/C(C)=N\NC(=O)c2c(-c3ccccc3)nnn2-c2nonc2N)cc1. The second-order valence-electron chi connectivity index (χ2n) is 6.40. The topological polar surface area (TPSA) is 146 Å². The molecule has 0 unspecified atom stereocenters. The Morgan fingerprint density at radius 1 is 1.13 bits per heavy atom. The fourth-order valence-electron chi connectivity index (χ4n) is 2.85. The lowest BCUT2D eigenvalue weighted by atomic mass is 10.1. The Bertz CT molecular complexity index is 1230. The number of ether oxygens (including phenoxy) is 1. The van der Waals surface area contributed by atoms with E-state index in [1.807, 2.05) is 42.5 Å². The second-order valence-corrected chi connectivity index (χ2v) is 6.40. The Labute approximate surface area is 176 Å². The van der Waals surface area contributed by atoms with Crippen LogP contribution in [0, 0.1) is 0 Å². The molecule has 0 saturated heterocycles. The van der Waals surface area contributed by atoms with Crippen molar-refractivity contribution in [3.8, 4) is 22.8 Å². The third-order valence-corrected chi connectivity index (χ3v) is 4.46. The van der Waals surface area contributed by atoms with Gasteiger partial charge in [-0.3, -0.25) is 4.79 Å². The van der Waals surface area contributed by atoms with Crippen molar-refractivity contribution in [1.29, 1.82) is 0 Å². The van der Waals surface area contributed by atoms with Crippen molar-refractivity contribution in [2.75, 3.05) is 12.8 Å². The van der Waals surface area contributed by atoms with Gasteiger partial charge >= 0.3 is 0 Å². The number of benzene rings is 2. The number of carbonyl (C=O) groups is 1. The van der Waals surface area contributed by atoms with Crippen molar-refractivity contribution in [3.63, 3.8) is 0 Å². The normalized spacial score (nSPS) is 11.4. The number of hydrogen-bond acceptors (Lipinski definition) is 9. The number of nitrogen functional groups attached to an aromatic ring is 1. The first-order valence-electron chi connectivity index (χ1n) is 9.17. The van der Waals surface area contributed by atoms with Gasteiger partial charge in [0.05, 0.1) is 12.8 Å². The highest BCUT2D eigenvalue weighted by Gasteiger charge is 2.25. The maximum Gasteiger partial charge on any atom is 0.292 e. The first-order chi connectivity index (χ1) is 15.1. The van der Waals surface area contributed by atoms with Gasteiger partial charge in [-0.25, -0.2) is 10.1 Å². The molecular weight excluding hydrogens is 400 g/mol. The van der Waals surface area contributed by atoms with Crippen molar-refractivity contribution in [3.05, 3.63) is 65.9 Å². The van der Waals surface area contributed by atoms with Crippen molar-refractivity contribution in [1.82, 2.24) is 30.7 Å². The summed E-state index contributed by atoms with van der Waals surface area (Å²) in [7, 11) is 1.59. The van der Waals surface area contributed by atoms with Gasteiger partial charge in [-0.05, 0) is 47.1 Å². The summed E-state index contributed by atoms with van der Waals surface area (Å²) in [5.41, 5.74) is 10.8. The van der Waals surface area contributed by atoms with Crippen LogP contribution in [0.25, 0.3) is 17.1 Å². The maximum absolute atomic E-state index is 13.1. The fourth-order valence-corrected chi connectivity index (χ4v) is 2.85. The molecule has 0 aliphatic carbocycles. The van der Waals surface area contributed by atoms with E-state index >= 15 is 0 Å². The van der Waals surface area contributed by atoms with Gasteiger partial charge in [0, 0.05) is 5.56 Å². The van der Waals surface area contributed by atoms with Crippen LogP contribution >= 0.6 is 0 Å². The number of amides is 1. The van der Waals surface area contributed by atoms with E-state index < -0.39 is 5.91 Å². The van der Waals surface area contributed by atoms with Crippen LogP contribution in [-0.2, 0) is 0 Å². The average Bonchev–Trinajstić information content (AvgIpc) is 3.43. The predicted octanol–water partition coefficient (Wildman–Crippen LogP) is 2.06. The van der Waals surface area contributed by atoms with Gasteiger partial charge in [0.2, 0.25) is 11.6 Å². The number of nitrogens with two attached hydrogens (primary N) is 1. The van der Waals surface area contributed by atoms with Crippen LogP contribution in [0.5, 0.6) is 5.75 Å². The molecule has 0 bridgehead atoms. The molecule has 2 aromatic carbocycles. The van der Waals surface area contributed by atoms with Crippen LogP contribution in [0.1, 0.15) is 23.0 Å². The highest BCUT2D eigenvalue weighted by Crippen LogP contribution is 2.24. The Morgan fingerprint density at radius 2 is 1.87 bits per heavy atom. The summed E-state index contributed by atoms with van der Waals surface area (Å²) in [6.45, 7) is 1.77. The van der Waals surface area contributed by atoms with E-state index in [0.29, 0.717) is 17.0 Å². The number of nitrogens with one attached hydrogen (secondary N) is 1. The Kier molecular flexibility index (Phi) is 5.39. The molecule has 0 fully saturated rings. The molecular formula is C20H18N8O3. The molecule has 0 spiro atoms. The lowest BCUT2D eigenvalue weighted by Gasteiger charge is -2.06. The largest absolute Gasteiger partial charge is 0.497 e. The first kappa shape index (κ1) is 19.8. The summed E-state index contributed by atoms with van der Waals surface area (Å²) in [5.74, 6) is 0.188. The van der Waals surface area contributed by atoms with Crippen LogP contribution in [0.2, 0.25) is 0 Å². The zero-order valence-electron chi connectivity index (χ0n) is 16.7. The summed E-state index contributed by atoms with van der Waals surface area (Å²) in [5, 5.41) is 19.6. The Morgan fingerprint density at radius 3 is 2.52 bits per heavy atom. The molecule has 3 N–H and O–H groups in total. The zero-order chi connectivity index (χ0) is 21.8. The molecule has 11 nitrogen and oxygen atoms in total. The lowest BCUT2D eigenvalue weighted by molar-refractivity contribution is 0.0947. The molecule has 0 radical (unpaired) electrons. The molecule has 0 atom stereocenters. The molecule has 4 aromatic rings. The maximum atomic E-state index is 13.1. The van der Waals surface area contributed by atoms with Crippen LogP contribution in [0.4, 0.5) is 5.82 Å². The van der Waals surface area contributed by atoms with E-state index in [-0.39, 0.29) is 17.3 Å². The number of aromatic nitrogens is 5. The van der Waals surface area contributed by atoms with Crippen molar-refractivity contribution in [2.45, 2.75) is 6.92 Å². The summed E-state index contributed by atoms with van der Waals surface area (Å²) >= 11 is 0. The van der Waals surface area contributed by atoms with E-state index in [2.05, 4.69) is 35.8 Å². The molecule has 1 amide bonds. The summed E-state index contributed by atoms with van der Waals surface area (Å²) < 4.78 is 11.0. The molecule has 2 heterocycles. The molecule has 11 heteroatoms. The van der Waals surface area contributed by atoms with Crippen molar-refractivity contribution in [2.24, 2.45) is 5.10 Å². The van der Waals surface area contributed by atoms with E-state index in [1.165, 1.54) is 4.68 Å². The number of anilines is 1. The third kappa shape index (κ3) is 3.96. The first-order valence-corrected chi connectivity index (χ1v) is 9.17. The second kappa shape index (κ2) is 8.45. The lowest BCUT2D eigenvalue weighted by Crippen LogP contribution is -2.23. The van der Waals surface area contributed by atoms with Gasteiger partial charge < -0.3 is 10.5 Å². The van der Waals surface area contributed by atoms with E-state index in [1.54, 1.807) is 26.2 Å². The predicted molar refractivity (Wildman–Crippen MR) is 112 cm³/mol. The van der Waals surface area contributed by atoms with E-state index in [4.69, 9.17) is 10.5 Å². The van der Waals surface area contributed by atoms with E-state index in [9.17, 15) is 4.79 Å². The molecule has 156 valence electrons. The minimum atomic E-state index is -0.556. The summed E-state index contributed by atoms with van der Waals surface area (Å²) in [6.07, 6.45) is 0. The standard InChI is InChI=1S/C20H18N8O3/c1-12(13-8-10-15(30-2)11-9-13)22-24-20(29)17-16(14-6-4-3-5-7-14)23-27-28(17)19-18(21)25-31-26-19/h3-11H,1-2H3,(H2,21,25)(H,24,29)/b22-12-. The third-order valence-electron chi connectivity index (χ3n) is 4.46. The minimum absolute atomic E-state index is 0.0310. The van der Waals surface area contributed by atoms with Gasteiger partial charge in [0.15, 0.2) is 5.69 Å². The summed E-state index contributed by atoms with van der Waals surface area (Å²) in [4.78, 5) is 13.1. The van der Waals surface area contributed by atoms with Crippen molar-refractivity contribution < 1.29 is 14.2 Å².